The van der Waals surface area contributed by atoms with Crippen molar-refractivity contribution in [2.24, 2.45) is 0 Å². The summed E-state index contributed by atoms with van der Waals surface area (Å²) < 4.78 is 0. The van der Waals surface area contributed by atoms with Crippen LogP contribution in [0.2, 0.25) is 0 Å². The van der Waals surface area contributed by atoms with Crippen LogP contribution in [0.15, 0.2) is 0 Å². The maximum absolute atomic E-state index is 9.33. The lowest BCUT2D eigenvalue weighted by atomic mass is 9.97. The third-order valence-corrected chi connectivity index (χ3v) is 4.02. The number of aliphatic hydroxyl groups is 1. The number of nitrogens with zero attached hydrogens (tertiary/aromatic N) is 1. The molecule has 1 heterocycles. The highest BCUT2D eigenvalue weighted by Crippen LogP contribution is 2.22. The Morgan fingerprint density at radius 1 is 1.29 bits per heavy atom. The van der Waals surface area contributed by atoms with Crippen molar-refractivity contribution >= 4 is 0 Å². The first-order valence-corrected chi connectivity index (χ1v) is 7.29. The molecule has 1 unspecified atom stereocenters. The zero-order valence-corrected chi connectivity index (χ0v) is 11.8. The van der Waals surface area contributed by atoms with E-state index in [-0.39, 0.29) is 12.6 Å². The van der Waals surface area contributed by atoms with E-state index in [4.69, 9.17) is 0 Å². The number of nitrogens with one attached hydrogen (secondary N) is 1. The maximum atomic E-state index is 9.33. The summed E-state index contributed by atoms with van der Waals surface area (Å²) >= 11 is 0. The fourth-order valence-corrected chi connectivity index (χ4v) is 2.83. The number of likely N-dealkylation sites (tertiary alicyclic amines) is 1. The van der Waals surface area contributed by atoms with E-state index in [1.807, 2.05) is 0 Å². The average Bonchev–Trinajstić information content (AvgIpc) is 2.32. The molecule has 1 aliphatic rings. The van der Waals surface area contributed by atoms with Gasteiger partial charge in [0.05, 0.1) is 6.61 Å². The fraction of sp³-hybridized carbons (Fsp3) is 1.00. The quantitative estimate of drug-likeness (QED) is 0.717. The van der Waals surface area contributed by atoms with Crippen molar-refractivity contribution in [2.75, 3.05) is 19.7 Å². The van der Waals surface area contributed by atoms with E-state index < -0.39 is 0 Å². The van der Waals surface area contributed by atoms with Gasteiger partial charge in [-0.05, 0) is 46.1 Å². The highest BCUT2D eigenvalue weighted by atomic mass is 16.3. The molecule has 0 saturated carbocycles. The molecular formula is C14H30N2O. The molecule has 1 fully saturated rings. The Morgan fingerprint density at radius 3 is 2.47 bits per heavy atom. The van der Waals surface area contributed by atoms with Gasteiger partial charge in [-0.1, -0.05) is 13.3 Å². The molecule has 0 aliphatic carbocycles. The average molecular weight is 242 g/mol. The lowest BCUT2D eigenvalue weighted by Crippen LogP contribution is -2.46. The van der Waals surface area contributed by atoms with Crippen LogP contribution in [0.1, 0.15) is 52.9 Å². The molecule has 0 spiro atoms. The molecular weight excluding hydrogens is 212 g/mol. The van der Waals surface area contributed by atoms with Crippen molar-refractivity contribution in [3.63, 3.8) is 0 Å². The van der Waals surface area contributed by atoms with Crippen molar-refractivity contribution in [1.82, 2.24) is 10.2 Å². The van der Waals surface area contributed by atoms with Gasteiger partial charge < -0.3 is 10.4 Å². The molecule has 3 heteroatoms. The summed E-state index contributed by atoms with van der Waals surface area (Å²) in [6.07, 6.45) is 6.22. The maximum Gasteiger partial charge on any atom is 0.0585 e. The van der Waals surface area contributed by atoms with Gasteiger partial charge in [-0.2, -0.15) is 0 Å². The van der Waals surface area contributed by atoms with Crippen LogP contribution in [0.3, 0.4) is 0 Å². The van der Waals surface area contributed by atoms with Crippen molar-refractivity contribution in [3.05, 3.63) is 0 Å². The lowest BCUT2D eigenvalue weighted by Gasteiger charge is -2.39. The molecule has 17 heavy (non-hydrogen) atoms. The summed E-state index contributed by atoms with van der Waals surface area (Å²) in [4.78, 5) is 2.61. The first-order valence-electron chi connectivity index (χ1n) is 7.29. The Morgan fingerprint density at radius 2 is 1.94 bits per heavy atom. The van der Waals surface area contributed by atoms with E-state index >= 15 is 0 Å². The summed E-state index contributed by atoms with van der Waals surface area (Å²) in [5, 5.41) is 12.7. The summed E-state index contributed by atoms with van der Waals surface area (Å²) in [6.45, 7) is 9.22. The van der Waals surface area contributed by atoms with Crippen molar-refractivity contribution in [1.29, 1.82) is 0 Å². The number of aliphatic hydroxyl groups excluding tert-OH is 1. The lowest BCUT2D eigenvalue weighted by molar-refractivity contribution is 0.0934. The van der Waals surface area contributed by atoms with E-state index in [0.29, 0.717) is 12.1 Å². The van der Waals surface area contributed by atoms with E-state index in [9.17, 15) is 5.11 Å². The summed E-state index contributed by atoms with van der Waals surface area (Å²) in [6, 6.07) is 1.70. The second-order valence-corrected chi connectivity index (χ2v) is 5.49. The number of hydrogen-bond acceptors (Lipinski definition) is 3. The van der Waals surface area contributed by atoms with Crippen LogP contribution in [0.5, 0.6) is 0 Å². The van der Waals surface area contributed by atoms with E-state index in [1.54, 1.807) is 0 Å². The molecule has 1 saturated heterocycles. The topological polar surface area (TPSA) is 35.5 Å². The molecule has 0 radical (unpaired) electrons. The van der Waals surface area contributed by atoms with E-state index in [2.05, 4.69) is 31.0 Å². The van der Waals surface area contributed by atoms with Crippen LogP contribution in [-0.4, -0.2) is 47.8 Å². The number of hydrogen-bond donors (Lipinski definition) is 2. The standard InChI is InChI=1S/C14H30N2O/c1-4-9-15-14(11-17)8-10-16-12(2)6-5-7-13(16)3/h12-15,17H,4-11H2,1-3H3/t12-,13+,14?. The zero-order valence-electron chi connectivity index (χ0n) is 11.8. The molecule has 3 atom stereocenters. The van der Waals surface area contributed by atoms with Crippen LogP contribution in [0.25, 0.3) is 0 Å². The van der Waals surface area contributed by atoms with Gasteiger partial charge in [0.2, 0.25) is 0 Å². The Hall–Kier alpha value is -0.120. The molecule has 3 nitrogen and oxygen atoms in total. The Kier molecular flexibility index (Phi) is 7.09. The normalized spacial score (nSPS) is 28.2. The minimum absolute atomic E-state index is 0.261. The highest BCUT2D eigenvalue weighted by molar-refractivity contribution is 4.80. The predicted octanol–water partition coefficient (Wildman–Crippen LogP) is 2.00. The molecule has 0 bridgehead atoms. The fourth-order valence-electron chi connectivity index (χ4n) is 2.83. The van der Waals surface area contributed by atoms with Gasteiger partial charge >= 0.3 is 0 Å². The van der Waals surface area contributed by atoms with Gasteiger partial charge in [-0.3, -0.25) is 4.90 Å². The summed E-state index contributed by atoms with van der Waals surface area (Å²) in [5.74, 6) is 0. The molecule has 102 valence electrons. The minimum atomic E-state index is 0.261. The molecule has 1 aliphatic heterocycles. The van der Waals surface area contributed by atoms with Crippen molar-refractivity contribution in [3.8, 4) is 0 Å². The summed E-state index contributed by atoms with van der Waals surface area (Å²) in [5.41, 5.74) is 0. The summed E-state index contributed by atoms with van der Waals surface area (Å²) in [7, 11) is 0. The Bertz CT molecular complexity index is 189. The van der Waals surface area contributed by atoms with E-state index in [1.165, 1.54) is 19.3 Å². The van der Waals surface area contributed by atoms with Crippen LogP contribution in [0, 0.1) is 0 Å². The molecule has 0 aromatic rings. The van der Waals surface area contributed by atoms with Gasteiger partial charge in [-0.15, -0.1) is 0 Å². The second-order valence-electron chi connectivity index (χ2n) is 5.49. The van der Waals surface area contributed by atoms with Gasteiger partial charge in [0.1, 0.15) is 0 Å². The number of rotatable bonds is 7. The smallest absolute Gasteiger partial charge is 0.0585 e. The molecule has 0 aromatic heterocycles. The monoisotopic (exact) mass is 242 g/mol. The first kappa shape index (κ1) is 14.9. The molecule has 0 amide bonds. The minimum Gasteiger partial charge on any atom is -0.395 e. The molecule has 2 N–H and O–H groups in total. The van der Waals surface area contributed by atoms with Crippen LogP contribution in [0.4, 0.5) is 0 Å². The number of piperidine rings is 1. The highest BCUT2D eigenvalue weighted by Gasteiger charge is 2.24. The van der Waals surface area contributed by atoms with Crippen molar-refractivity contribution in [2.45, 2.75) is 71.0 Å². The first-order chi connectivity index (χ1) is 8.19. The van der Waals surface area contributed by atoms with Gasteiger partial charge in [0.15, 0.2) is 0 Å². The Labute approximate surface area is 107 Å². The zero-order chi connectivity index (χ0) is 12.7. The third kappa shape index (κ3) is 4.94. The molecule has 1 rings (SSSR count). The SMILES string of the molecule is CCCNC(CO)CCN1[C@H](C)CCC[C@@H]1C. The van der Waals surface area contributed by atoms with Gasteiger partial charge in [0.25, 0.3) is 0 Å². The third-order valence-electron chi connectivity index (χ3n) is 4.02. The predicted molar refractivity (Wildman–Crippen MR) is 73.3 cm³/mol. The largest absolute Gasteiger partial charge is 0.395 e. The van der Waals surface area contributed by atoms with Crippen LogP contribution >= 0.6 is 0 Å². The second kappa shape index (κ2) is 8.06. The van der Waals surface area contributed by atoms with Gasteiger partial charge in [0, 0.05) is 24.7 Å². The Balaban J connectivity index is 2.31. The van der Waals surface area contributed by atoms with Gasteiger partial charge in [-0.25, -0.2) is 0 Å². The molecule has 0 aromatic carbocycles. The van der Waals surface area contributed by atoms with Crippen LogP contribution < -0.4 is 5.32 Å². The van der Waals surface area contributed by atoms with Crippen LogP contribution in [-0.2, 0) is 0 Å². The van der Waals surface area contributed by atoms with Crippen molar-refractivity contribution < 1.29 is 5.11 Å². The van der Waals surface area contributed by atoms with E-state index in [0.717, 1.165) is 25.9 Å².